The van der Waals surface area contributed by atoms with Gasteiger partial charge in [-0.25, -0.2) is 9.13 Å². The van der Waals surface area contributed by atoms with Gasteiger partial charge >= 0.3 is 15.6 Å². The molecular weight excluding hydrogens is 414 g/mol. The van der Waals surface area contributed by atoms with E-state index in [2.05, 4.69) is 19.1 Å². The third-order valence-corrected chi connectivity index (χ3v) is 2.67. The zero-order valence-electron chi connectivity index (χ0n) is 15.3. The first-order valence-corrected chi connectivity index (χ1v) is 10.8. The van der Waals surface area contributed by atoms with E-state index in [9.17, 15) is 10.2 Å². The quantitative estimate of drug-likeness (QED) is 0.249. The second-order valence-corrected chi connectivity index (χ2v) is 7.27. The minimum absolute atomic E-state index is 0.303. The molecule has 0 heterocycles. The first-order valence-electron chi connectivity index (χ1n) is 7.64. The molecule has 2 aromatic rings. The van der Waals surface area contributed by atoms with Gasteiger partial charge in [-0.2, -0.15) is 0 Å². The van der Waals surface area contributed by atoms with Crippen molar-refractivity contribution in [1.29, 1.82) is 0 Å². The average molecular weight is 440 g/mol. The molecule has 0 aliphatic rings. The molecule has 0 amide bonds. The molecule has 0 saturated carbocycles. The van der Waals surface area contributed by atoms with Crippen LogP contribution in [0.2, 0.25) is 0 Å². The van der Waals surface area contributed by atoms with Crippen LogP contribution < -0.4 is 0 Å². The minimum Gasteiger partial charge on any atom is -0.362 e. The summed E-state index contributed by atoms with van der Waals surface area (Å²) in [5.74, 6) is -1.67. The monoisotopic (exact) mass is 440 g/mol. The lowest BCUT2D eigenvalue weighted by Crippen LogP contribution is -2.23. The van der Waals surface area contributed by atoms with Crippen molar-refractivity contribution in [3.05, 3.63) is 71.8 Å². The maximum absolute atomic E-state index is 9.35. The van der Waals surface area contributed by atoms with E-state index in [0.29, 0.717) is 12.0 Å². The lowest BCUT2D eigenvalue weighted by Gasteiger charge is -2.19. The summed E-state index contributed by atoms with van der Waals surface area (Å²) in [5.41, 5.74) is 1.87. The van der Waals surface area contributed by atoms with Crippen LogP contribution >= 0.6 is 15.6 Å². The molecule has 0 spiro atoms. The number of aliphatic hydroxyl groups is 2. The van der Waals surface area contributed by atoms with Crippen LogP contribution in [0.1, 0.15) is 24.5 Å². The summed E-state index contributed by atoms with van der Waals surface area (Å²) in [6.07, 6.45) is 0.303. The summed E-state index contributed by atoms with van der Waals surface area (Å²) in [7, 11) is -9.28. The Morgan fingerprint density at radius 1 is 0.714 bits per heavy atom. The van der Waals surface area contributed by atoms with Gasteiger partial charge in [-0.15, -0.1) is 0 Å². The third-order valence-electron chi connectivity index (χ3n) is 2.67. The van der Waals surface area contributed by atoms with Gasteiger partial charge in [-0.05, 0) is 6.92 Å². The van der Waals surface area contributed by atoms with Gasteiger partial charge in [0.1, 0.15) is 0 Å². The number of rotatable bonds is 2. The van der Waals surface area contributed by atoms with E-state index in [1.807, 2.05) is 24.3 Å². The summed E-state index contributed by atoms with van der Waals surface area (Å²) in [6, 6.07) is 19.1. The SMILES string of the molecule is CCC(O)(O)c1ccccc1.Cc1ccccc1.O=P(O)(O)O.O=P(O)(O)O. The predicted molar refractivity (Wildman–Crippen MR) is 103 cm³/mol. The third kappa shape index (κ3) is 24.6. The van der Waals surface area contributed by atoms with Gasteiger partial charge in [0.15, 0.2) is 5.79 Å². The molecule has 0 unspecified atom stereocenters. The molecule has 12 heteroatoms. The van der Waals surface area contributed by atoms with E-state index in [0.717, 1.165) is 0 Å². The minimum atomic E-state index is -4.64. The van der Waals surface area contributed by atoms with Gasteiger partial charge < -0.3 is 39.6 Å². The lowest BCUT2D eigenvalue weighted by molar-refractivity contribution is -0.171. The highest BCUT2D eigenvalue weighted by Gasteiger charge is 2.21. The molecule has 0 atom stereocenters. The van der Waals surface area contributed by atoms with Crippen LogP contribution in [0, 0.1) is 6.92 Å². The predicted octanol–water partition coefficient (Wildman–Crippen LogP) is 1.37. The summed E-state index contributed by atoms with van der Waals surface area (Å²) in [5, 5.41) is 18.7. The van der Waals surface area contributed by atoms with E-state index in [1.54, 1.807) is 31.2 Å². The van der Waals surface area contributed by atoms with Crippen molar-refractivity contribution < 1.29 is 48.7 Å². The summed E-state index contributed by atoms with van der Waals surface area (Å²) in [4.78, 5) is 43.1. The van der Waals surface area contributed by atoms with Crippen molar-refractivity contribution in [2.75, 3.05) is 0 Å². The molecule has 0 aliphatic heterocycles. The van der Waals surface area contributed by atoms with Crippen molar-refractivity contribution in [2.24, 2.45) is 0 Å². The van der Waals surface area contributed by atoms with Crippen molar-refractivity contribution in [3.63, 3.8) is 0 Å². The van der Waals surface area contributed by atoms with Gasteiger partial charge in [-0.3, -0.25) is 0 Å². The Morgan fingerprint density at radius 2 is 1.00 bits per heavy atom. The number of hydrogen-bond donors (Lipinski definition) is 8. The summed E-state index contributed by atoms with van der Waals surface area (Å²) in [6.45, 7) is 3.81. The second-order valence-electron chi connectivity index (χ2n) is 5.22. The molecule has 0 saturated heterocycles. The number of aryl methyl sites for hydroxylation is 1. The average Bonchev–Trinajstić information content (AvgIpc) is 2.54. The normalized spacial score (nSPS) is 10.9. The van der Waals surface area contributed by atoms with Crippen molar-refractivity contribution >= 4 is 15.6 Å². The molecule has 10 nitrogen and oxygen atoms in total. The Kier molecular flexibility index (Phi) is 14.1. The standard InChI is InChI=1S/C9H12O2.C7H8.2H3O4P/c1-2-9(10,11)8-6-4-3-5-7-8;1-7-5-3-2-4-6-7;2*1-5(2,3)4/h3-7,10-11H,2H2,1H3;2-6H,1H3;2*(H3,1,2,3,4). The summed E-state index contributed by atoms with van der Waals surface area (Å²) < 4.78 is 17.8. The van der Waals surface area contributed by atoms with Gasteiger partial charge in [0, 0.05) is 12.0 Å². The van der Waals surface area contributed by atoms with Crippen LogP contribution in [-0.2, 0) is 14.9 Å². The second kappa shape index (κ2) is 13.7. The van der Waals surface area contributed by atoms with Crippen molar-refractivity contribution in [1.82, 2.24) is 0 Å². The topological polar surface area (TPSA) is 196 Å². The molecule has 28 heavy (non-hydrogen) atoms. The highest BCUT2D eigenvalue weighted by atomic mass is 31.2. The molecule has 0 aromatic heterocycles. The smallest absolute Gasteiger partial charge is 0.362 e. The summed E-state index contributed by atoms with van der Waals surface area (Å²) >= 11 is 0. The Hall–Kier alpha value is -1.42. The molecular formula is C16H26O10P2. The van der Waals surface area contributed by atoms with E-state index >= 15 is 0 Å². The fourth-order valence-electron chi connectivity index (χ4n) is 1.44. The fourth-order valence-corrected chi connectivity index (χ4v) is 1.44. The van der Waals surface area contributed by atoms with Crippen molar-refractivity contribution in [3.8, 4) is 0 Å². The van der Waals surface area contributed by atoms with Gasteiger partial charge in [0.05, 0.1) is 0 Å². The molecule has 2 aromatic carbocycles. The Balaban J connectivity index is 0. The Labute approximate surface area is 162 Å². The van der Waals surface area contributed by atoms with Crippen LogP contribution in [0.4, 0.5) is 0 Å². The Bertz CT molecular complexity index is 689. The lowest BCUT2D eigenvalue weighted by atomic mass is 10.0. The highest BCUT2D eigenvalue weighted by Crippen LogP contribution is 2.26. The van der Waals surface area contributed by atoms with Crippen LogP contribution in [0.5, 0.6) is 0 Å². The maximum Gasteiger partial charge on any atom is 0.466 e. The number of benzene rings is 2. The van der Waals surface area contributed by atoms with Gasteiger partial charge in [-0.1, -0.05) is 73.2 Å². The van der Waals surface area contributed by atoms with Crippen LogP contribution in [0.25, 0.3) is 0 Å². The zero-order chi connectivity index (χ0) is 22.4. The van der Waals surface area contributed by atoms with Crippen LogP contribution in [-0.4, -0.2) is 39.6 Å². The fraction of sp³-hybridized carbons (Fsp3) is 0.250. The molecule has 160 valence electrons. The van der Waals surface area contributed by atoms with Gasteiger partial charge in [0.25, 0.3) is 0 Å². The van der Waals surface area contributed by atoms with E-state index in [4.69, 9.17) is 38.5 Å². The van der Waals surface area contributed by atoms with E-state index < -0.39 is 21.4 Å². The molecule has 0 fully saturated rings. The Morgan fingerprint density at radius 3 is 1.21 bits per heavy atom. The largest absolute Gasteiger partial charge is 0.466 e. The van der Waals surface area contributed by atoms with Crippen LogP contribution in [0.3, 0.4) is 0 Å². The van der Waals surface area contributed by atoms with E-state index in [1.165, 1.54) is 5.56 Å². The van der Waals surface area contributed by atoms with Gasteiger partial charge in [0.2, 0.25) is 0 Å². The first kappa shape index (κ1) is 28.8. The zero-order valence-corrected chi connectivity index (χ0v) is 17.1. The number of hydrogen-bond acceptors (Lipinski definition) is 4. The first-order chi connectivity index (χ1) is 12.6. The molecule has 0 bridgehead atoms. The van der Waals surface area contributed by atoms with Crippen LogP contribution in [0.15, 0.2) is 60.7 Å². The molecule has 0 radical (unpaired) electrons. The highest BCUT2D eigenvalue weighted by molar-refractivity contribution is 7.45. The number of phosphoric acid groups is 2. The maximum atomic E-state index is 9.35. The van der Waals surface area contributed by atoms with Crippen molar-refractivity contribution in [2.45, 2.75) is 26.1 Å². The molecule has 8 N–H and O–H groups in total. The van der Waals surface area contributed by atoms with E-state index in [-0.39, 0.29) is 0 Å². The molecule has 0 aliphatic carbocycles. The molecule has 2 rings (SSSR count).